The minimum atomic E-state index is -0.767. The predicted molar refractivity (Wildman–Crippen MR) is 73.2 cm³/mol. The Morgan fingerprint density at radius 1 is 1.20 bits per heavy atom. The van der Waals surface area contributed by atoms with Crippen LogP contribution in [-0.4, -0.2) is 42.3 Å². The summed E-state index contributed by atoms with van der Waals surface area (Å²) in [5.41, 5.74) is 0.999. The molecule has 5 heteroatoms. The molecule has 2 aliphatic rings. The molecule has 1 aromatic carbocycles. The Balaban J connectivity index is 1.87. The molecule has 0 radical (unpaired) electrons. The number of rotatable bonds is 4. The molecule has 108 valence electrons. The Morgan fingerprint density at radius 2 is 1.90 bits per heavy atom. The van der Waals surface area contributed by atoms with Crippen LogP contribution >= 0.6 is 0 Å². The van der Waals surface area contributed by atoms with E-state index >= 15 is 0 Å². The van der Waals surface area contributed by atoms with Crippen LogP contribution in [0.25, 0.3) is 0 Å². The Morgan fingerprint density at radius 3 is 2.60 bits per heavy atom. The number of likely N-dealkylation sites (tertiary alicyclic amines) is 1. The van der Waals surface area contributed by atoms with E-state index in [9.17, 15) is 4.79 Å². The largest absolute Gasteiger partial charge is 0.486 e. The highest BCUT2D eigenvalue weighted by atomic mass is 16.6. The predicted octanol–water partition coefficient (Wildman–Crippen LogP) is 2.07. The molecule has 2 aliphatic heterocycles. The van der Waals surface area contributed by atoms with E-state index in [-0.39, 0.29) is 12.5 Å². The highest BCUT2D eigenvalue weighted by molar-refractivity contribution is 5.68. The van der Waals surface area contributed by atoms with Crippen LogP contribution in [0.2, 0.25) is 0 Å². The zero-order chi connectivity index (χ0) is 13.9. The summed E-state index contributed by atoms with van der Waals surface area (Å²) in [5.74, 6) is 0.704. The average molecular weight is 277 g/mol. The van der Waals surface area contributed by atoms with Crippen molar-refractivity contribution in [1.82, 2.24) is 4.90 Å². The van der Waals surface area contributed by atoms with E-state index in [0.717, 1.165) is 43.0 Å². The third-order valence-corrected chi connectivity index (χ3v) is 3.90. The van der Waals surface area contributed by atoms with Crippen molar-refractivity contribution in [3.8, 4) is 11.5 Å². The standard InChI is InChI=1S/C15H19NO4/c17-15(18)10-12(16-5-1-2-6-16)11-3-4-13-14(9-11)20-8-7-19-13/h3-4,9,12H,1-2,5-8,10H2,(H,17,18). The van der Waals surface area contributed by atoms with Gasteiger partial charge in [-0.05, 0) is 43.6 Å². The van der Waals surface area contributed by atoms with E-state index in [1.807, 2.05) is 18.2 Å². The highest BCUT2D eigenvalue weighted by Crippen LogP contribution is 2.36. The first-order valence-corrected chi connectivity index (χ1v) is 7.09. The molecule has 0 aliphatic carbocycles. The molecule has 0 spiro atoms. The fraction of sp³-hybridized carbons (Fsp3) is 0.533. The SMILES string of the molecule is O=C(O)CC(c1ccc2c(c1)OCCO2)N1CCCC1. The second-order valence-corrected chi connectivity index (χ2v) is 5.26. The van der Waals surface area contributed by atoms with Crippen LogP contribution in [0.3, 0.4) is 0 Å². The molecule has 1 fully saturated rings. The van der Waals surface area contributed by atoms with Gasteiger partial charge in [0.1, 0.15) is 13.2 Å². The lowest BCUT2D eigenvalue weighted by molar-refractivity contribution is -0.138. The summed E-state index contributed by atoms with van der Waals surface area (Å²) >= 11 is 0. The second-order valence-electron chi connectivity index (χ2n) is 5.26. The number of ether oxygens (including phenoxy) is 2. The van der Waals surface area contributed by atoms with Crippen LogP contribution in [0.4, 0.5) is 0 Å². The monoisotopic (exact) mass is 277 g/mol. The number of benzene rings is 1. The molecule has 20 heavy (non-hydrogen) atoms. The van der Waals surface area contributed by atoms with Crippen molar-refractivity contribution >= 4 is 5.97 Å². The lowest BCUT2D eigenvalue weighted by Crippen LogP contribution is -2.28. The van der Waals surface area contributed by atoms with Gasteiger partial charge in [0.15, 0.2) is 11.5 Å². The van der Waals surface area contributed by atoms with E-state index in [0.29, 0.717) is 13.2 Å². The van der Waals surface area contributed by atoms with Gasteiger partial charge in [-0.2, -0.15) is 0 Å². The summed E-state index contributed by atoms with van der Waals surface area (Å²) in [6.07, 6.45) is 2.40. The van der Waals surface area contributed by atoms with Crippen LogP contribution in [0.15, 0.2) is 18.2 Å². The average Bonchev–Trinajstić information content (AvgIpc) is 2.98. The summed E-state index contributed by atoms with van der Waals surface area (Å²) < 4.78 is 11.1. The van der Waals surface area contributed by atoms with Gasteiger partial charge in [-0.15, -0.1) is 0 Å². The van der Waals surface area contributed by atoms with Crippen LogP contribution in [0, 0.1) is 0 Å². The fourth-order valence-corrected chi connectivity index (χ4v) is 2.94. The Bertz CT molecular complexity index is 497. The quantitative estimate of drug-likeness (QED) is 0.913. The Kier molecular flexibility index (Phi) is 3.78. The van der Waals surface area contributed by atoms with Gasteiger partial charge in [0.05, 0.1) is 6.42 Å². The molecule has 1 unspecified atom stereocenters. The maximum atomic E-state index is 11.1. The van der Waals surface area contributed by atoms with E-state index in [4.69, 9.17) is 14.6 Å². The Labute approximate surface area is 118 Å². The van der Waals surface area contributed by atoms with Gasteiger partial charge in [0.2, 0.25) is 0 Å². The molecule has 1 saturated heterocycles. The first-order chi connectivity index (χ1) is 9.74. The normalized spacial score (nSPS) is 19.8. The van der Waals surface area contributed by atoms with Gasteiger partial charge in [-0.1, -0.05) is 6.07 Å². The first kappa shape index (κ1) is 13.2. The Hall–Kier alpha value is -1.75. The topological polar surface area (TPSA) is 59.0 Å². The van der Waals surface area contributed by atoms with Crippen molar-refractivity contribution in [3.63, 3.8) is 0 Å². The van der Waals surface area contributed by atoms with Gasteiger partial charge in [0.25, 0.3) is 0 Å². The molecule has 1 N–H and O–H groups in total. The van der Waals surface area contributed by atoms with Gasteiger partial charge in [-0.3, -0.25) is 9.69 Å². The van der Waals surface area contributed by atoms with Crippen LogP contribution < -0.4 is 9.47 Å². The van der Waals surface area contributed by atoms with Crippen LogP contribution in [0.1, 0.15) is 30.9 Å². The summed E-state index contributed by atoms with van der Waals surface area (Å²) in [4.78, 5) is 13.4. The molecule has 0 bridgehead atoms. The molecule has 0 aromatic heterocycles. The van der Waals surface area contributed by atoms with Crippen molar-refractivity contribution < 1.29 is 19.4 Å². The molecule has 5 nitrogen and oxygen atoms in total. The van der Waals surface area contributed by atoms with Crippen molar-refractivity contribution in [2.75, 3.05) is 26.3 Å². The van der Waals surface area contributed by atoms with Crippen molar-refractivity contribution in [2.45, 2.75) is 25.3 Å². The number of fused-ring (bicyclic) bond motifs is 1. The lowest BCUT2D eigenvalue weighted by atomic mass is 10.0. The van der Waals surface area contributed by atoms with Gasteiger partial charge < -0.3 is 14.6 Å². The van der Waals surface area contributed by atoms with Crippen molar-refractivity contribution in [3.05, 3.63) is 23.8 Å². The lowest BCUT2D eigenvalue weighted by Gasteiger charge is -2.28. The molecule has 1 aromatic rings. The third-order valence-electron chi connectivity index (χ3n) is 3.90. The van der Waals surface area contributed by atoms with Gasteiger partial charge >= 0.3 is 5.97 Å². The molecular weight excluding hydrogens is 258 g/mol. The zero-order valence-electron chi connectivity index (χ0n) is 11.4. The minimum Gasteiger partial charge on any atom is -0.486 e. The molecular formula is C15H19NO4. The number of nitrogens with zero attached hydrogens (tertiary/aromatic N) is 1. The number of carboxylic acid groups (broad SMARTS) is 1. The van der Waals surface area contributed by atoms with Crippen LogP contribution in [-0.2, 0) is 4.79 Å². The maximum absolute atomic E-state index is 11.1. The van der Waals surface area contributed by atoms with E-state index in [2.05, 4.69) is 4.90 Å². The van der Waals surface area contributed by atoms with E-state index in [1.54, 1.807) is 0 Å². The number of carboxylic acids is 1. The second kappa shape index (κ2) is 5.71. The van der Waals surface area contributed by atoms with Crippen molar-refractivity contribution in [2.24, 2.45) is 0 Å². The summed E-state index contributed by atoms with van der Waals surface area (Å²) in [6.45, 7) is 3.04. The highest BCUT2D eigenvalue weighted by Gasteiger charge is 2.27. The molecule has 3 rings (SSSR count). The number of carbonyl (C=O) groups is 1. The third kappa shape index (κ3) is 2.72. The number of hydrogen-bond donors (Lipinski definition) is 1. The number of aliphatic carboxylic acids is 1. The smallest absolute Gasteiger partial charge is 0.305 e. The fourth-order valence-electron chi connectivity index (χ4n) is 2.94. The van der Waals surface area contributed by atoms with Gasteiger partial charge in [-0.25, -0.2) is 0 Å². The first-order valence-electron chi connectivity index (χ1n) is 7.09. The van der Waals surface area contributed by atoms with E-state index in [1.165, 1.54) is 0 Å². The molecule has 0 amide bonds. The number of hydrogen-bond acceptors (Lipinski definition) is 4. The molecule has 0 saturated carbocycles. The zero-order valence-corrected chi connectivity index (χ0v) is 11.4. The summed E-state index contributed by atoms with van der Waals surface area (Å²) in [6, 6.07) is 5.69. The van der Waals surface area contributed by atoms with Crippen molar-refractivity contribution in [1.29, 1.82) is 0 Å². The molecule has 1 atom stereocenters. The summed E-state index contributed by atoms with van der Waals surface area (Å²) in [5, 5.41) is 9.16. The van der Waals surface area contributed by atoms with Crippen LogP contribution in [0.5, 0.6) is 11.5 Å². The summed E-state index contributed by atoms with van der Waals surface area (Å²) in [7, 11) is 0. The van der Waals surface area contributed by atoms with E-state index < -0.39 is 5.97 Å². The van der Waals surface area contributed by atoms with Gasteiger partial charge in [0, 0.05) is 6.04 Å². The minimum absolute atomic E-state index is 0.0779. The maximum Gasteiger partial charge on any atom is 0.305 e. The molecule has 2 heterocycles.